The van der Waals surface area contributed by atoms with Crippen LogP contribution in [0.3, 0.4) is 0 Å². The van der Waals surface area contributed by atoms with Gasteiger partial charge in [-0.25, -0.2) is 0 Å². The molecule has 3 saturated heterocycles. The van der Waals surface area contributed by atoms with Crippen molar-refractivity contribution in [2.45, 2.75) is 271 Å². The Morgan fingerprint density at radius 2 is 1.22 bits per heavy atom. The number of hydrogen-bond donors (Lipinski definition) is 5. The van der Waals surface area contributed by atoms with Crippen LogP contribution in [0.5, 0.6) is 0 Å². The summed E-state index contributed by atoms with van der Waals surface area (Å²) in [6.45, 7) is 28.4. The summed E-state index contributed by atoms with van der Waals surface area (Å²) < 4.78 is 97.5. The predicted molar refractivity (Wildman–Crippen MR) is 353 cm³/mol. The standard InChI is InChI=1S/C69H109N2O13P.F6P/c1-19-57-69(15,78)62(74)50(11)71(58(72)27-25-23-21-20-22-24-26-52-30-45(6)35-55(37-52)85(53-31-41(2)28-42(3)32-53)54-33-43(4)29-44(5)34-54)40-46(7)38-67(13,77)64(84-66-60(73)56(70(16)17)36-47(8)80-66)48(9)61(49(10)65(76)82-57)83-59-39-68(14,79-18)63(75)51(12)81-59;1-7(2,3,4,5)6/h28-35,37,46-51,56-57,59-64,66,73-75,77-78H,19-27,36,38-40H2,1-18H3;/q;-1/p+1/t46-,47-,48+,49-,50-,51+,56+,57-,59+,60-,61+,62-,63+,64-,66+,67-,68-,69-;/m1./s1. The number of nitrogens with zero attached hydrogens (tertiary/aromatic N) is 2. The molecule has 92 heavy (non-hydrogen) atoms. The van der Waals surface area contributed by atoms with Gasteiger partial charge in [0, 0.05) is 38.5 Å². The van der Waals surface area contributed by atoms with Crippen LogP contribution in [-0.2, 0) is 44.4 Å². The third-order valence-corrected chi connectivity index (χ3v) is 21.4. The zero-order valence-corrected chi connectivity index (χ0v) is 59.6. The second-order valence-electron chi connectivity index (χ2n) is 28.2. The number of carbonyl (C=O) groups excluding carboxylic acids is 2. The Bertz CT molecular complexity index is 2810. The van der Waals surface area contributed by atoms with Crippen LogP contribution in [0.2, 0.25) is 0 Å². The van der Waals surface area contributed by atoms with Crippen LogP contribution in [0.15, 0.2) is 54.6 Å². The monoisotopic (exact) mass is 1350 g/mol. The molecular formula is C69H110F6N2O13P2. The van der Waals surface area contributed by atoms with E-state index in [4.69, 9.17) is 28.4 Å². The van der Waals surface area contributed by atoms with E-state index in [1.807, 2.05) is 32.8 Å². The van der Waals surface area contributed by atoms with E-state index in [1.54, 1.807) is 53.4 Å². The van der Waals surface area contributed by atoms with E-state index < -0.39 is 118 Å². The summed E-state index contributed by atoms with van der Waals surface area (Å²) in [5, 5.41) is 64.9. The molecule has 526 valence electrons. The molecule has 3 heterocycles. The number of amides is 1. The quantitative estimate of drug-likeness (QED) is 0.0329. The third-order valence-electron chi connectivity index (χ3n) is 18.8. The number of benzene rings is 3. The van der Waals surface area contributed by atoms with Crippen LogP contribution >= 0.6 is 15.7 Å². The van der Waals surface area contributed by atoms with Crippen molar-refractivity contribution in [1.82, 2.24) is 9.80 Å². The molecule has 5 N–H and O–H groups in total. The van der Waals surface area contributed by atoms with Crippen molar-refractivity contribution in [2.24, 2.45) is 17.8 Å². The van der Waals surface area contributed by atoms with Crippen molar-refractivity contribution in [3.8, 4) is 0 Å². The van der Waals surface area contributed by atoms with E-state index in [1.165, 1.54) is 63.3 Å². The summed E-state index contributed by atoms with van der Waals surface area (Å²) in [7, 11) is -6.65. The molecule has 0 radical (unpaired) electrons. The van der Waals surface area contributed by atoms with Gasteiger partial charge < -0.3 is 63.8 Å². The van der Waals surface area contributed by atoms with Gasteiger partial charge in [0.15, 0.2) is 12.6 Å². The average Bonchev–Trinajstić information content (AvgIpc) is 1.97. The molecule has 18 atom stereocenters. The number of esters is 1. The number of rotatable bonds is 19. The molecule has 3 aromatic carbocycles. The topological polar surface area (TPSA) is 197 Å². The summed E-state index contributed by atoms with van der Waals surface area (Å²) in [4.78, 5) is 32.9. The normalized spacial score (nSPS) is 33.8. The summed E-state index contributed by atoms with van der Waals surface area (Å²) in [6.07, 6.45) is -2.73. The molecular weight excluding hydrogens is 1240 g/mol. The number of carbonyl (C=O) groups is 2. The minimum atomic E-state index is -10.7. The molecule has 1 amide bonds. The van der Waals surface area contributed by atoms with E-state index in [0.717, 1.165) is 38.5 Å². The predicted octanol–water partition coefficient (Wildman–Crippen LogP) is 12.2. The number of ether oxygens (including phenoxy) is 6. The third kappa shape index (κ3) is 22.9. The molecule has 3 aromatic rings. The molecule has 3 aliphatic heterocycles. The van der Waals surface area contributed by atoms with E-state index in [-0.39, 0.29) is 50.3 Å². The molecule has 0 aromatic heterocycles. The van der Waals surface area contributed by atoms with E-state index in [9.17, 15) is 60.3 Å². The molecule has 0 bridgehead atoms. The van der Waals surface area contributed by atoms with Crippen molar-refractivity contribution >= 4 is 43.5 Å². The van der Waals surface area contributed by atoms with Gasteiger partial charge in [0.25, 0.3) is 0 Å². The fourth-order valence-corrected chi connectivity index (χ4v) is 17.4. The Hall–Kier alpha value is -3.40. The fourth-order valence-electron chi connectivity index (χ4n) is 14.2. The number of methoxy groups -OCH3 is 1. The first-order chi connectivity index (χ1) is 42.2. The number of halogens is 6. The van der Waals surface area contributed by atoms with Crippen LogP contribution in [0.4, 0.5) is 25.2 Å². The zero-order valence-electron chi connectivity index (χ0n) is 57.7. The van der Waals surface area contributed by atoms with Gasteiger partial charge in [-0.2, -0.15) is 0 Å². The number of unbranched alkanes of at least 4 members (excludes halogenated alkanes) is 5. The maximum atomic E-state index is 14.7. The van der Waals surface area contributed by atoms with Gasteiger partial charge in [0.2, 0.25) is 5.91 Å². The van der Waals surface area contributed by atoms with Crippen LogP contribution < -0.4 is 15.9 Å². The maximum absolute atomic E-state index is 14.7. The number of aryl methyl sites for hydroxylation is 6. The van der Waals surface area contributed by atoms with Gasteiger partial charge in [0.05, 0.1) is 55.5 Å². The molecule has 0 spiro atoms. The van der Waals surface area contributed by atoms with Gasteiger partial charge in [0.1, 0.15) is 45.9 Å². The molecule has 0 unspecified atom stereocenters. The SMILES string of the molecule is CC[C@H]1OC(=O)[C@H](C)[C@@H](O[C@H]2C[C@@](C)(OC)[C@@H](O)[C@H](C)O2)[C@H](C)[C@@H](O[C@@H]2O[C@H](C)C[C@H](N(C)C)[C@H]2O)[C@](C)(O)C[C@@H](C)CN(C(=O)CCCCCCCCc2cc(C)cc([PH+](c3cc(C)cc(C)c3)c3cc(C)cc(C)c3)c2)[C@H](C)[C@@H](O)[C@]1(C)O.F[P-](F)(F)(F)(F)F. The van der Waals surface area contributed by atoms with Crippen molar-refractivity contribution in [1.29, 1.82) is 0 Å². The van der Waals surface area contributed by atoms with Gasteiger partial charge in [-0.3, -0.25) is 9.59 Å². The number of likely N-dealkylation sites (N-methyl/N-ethyl adjacent to an activating group) is 1. The summed E-state index contributed by atoms with van der Waals surface area (Å²) in [5.41, 5.74) is 2.99. The Balaban J connectivity index is 0.00000207. The Kier molecular flexibility index (Phi) is 27.1. The average molecular weight is 1350 g/mol. The Morgan fingerprint density at radius 1 is 0.717 bits per heavy atom. The van der Waals surface area contributed by atoms with Crippen LogP contribution in [0, 0.1) is 52.4 Å². The summed E-state index contributed by atoms with van der Waals surface area (Å²) >= 11 is 0. The number of hydrogen-bond acceptors (Lipinski definition) is 14. The summed E-state index contributed by atoms with van der Waals surface area (Å²) in [6, 6.07) is 19.9. The fraction of sp³-hybridized carbons (Fsp3) is 0.710. The van der Waals surface area contributed by atoms with E-state index >= 15 is 0 Å². The van der Waals surface area contributed by atoms with E-state index in [2.05, 4.69) is 89.2 Å². The first-order valence-corrected chi connectivity index (χ1v) is 36.3. The van der Waals surface area contributed by atoms with Crippen LogP contribution in [-0.4, -0.2) is 165 Å². The van der Waals surface area contributed by atoms with Crippen molar-refractivity contribution < 1.29 is 88.7 Å². The van der Waals surface area contributed by atoms with E-state index in [0.29, 0.717) is 12.8 Å². The molecule has 15 nitrogen and oxygen atoms in total. The Morgan fingerprint density at radius 3 is 1.73 bits per heavy atom. The van der Waals surface area contributed by atoms with Crippen molar-refractivity contribution in [3.05, 3.63) is 88.0 Å². The molecule has 0 aliphatic carbocycles. The number of aliphatic hydroxyl groups is 5. The first kappa shape index (κ1) is 79.3. The first-order valence-electron chi connectivity index (χ1n) is 32.8. The number of cyclic esters (lactones) is 1. The van der Waals surface area contributed by atoms with Crippen molar-refractivity contribution in [3.63, 3.8) is 0 Å². The van der Waals surface area contributed by atoms with Gasteiger partial charge in [-0.1, -0.05) is 64.7 Å². The van der Waals surface area contributed by atoms with Gasteiger partial charge in [-0.05, 0) is 211 Å². The zero-order chi connectivity index (χ0) is 69.5. The number of aliphatic hydroxyl groups excluding tert-OH is 3. The molecule has 23 heteroatoms. The Labute approximate surface area is 544 Å². The van der Waals surface area contributed by atoms with Gasteiger partial charge >= 0.3 is 39.0 Å². The molecule has 3 aliphatic rings. The van der Waals surface area contributed by atoms with Crippen molar-refractivity contribution in [2.75, 3.05) is 27.7 Å². The second kappa shape index (κ2) is 31.4. The summed E-state index contributed by atoms with van der Waals surface area (Å²) in [5.74, 6) is -3.29. The second-order valence-corrected chi connectivity index (χ2v) is 32.6. The van der Waals surface area contributed by atoms with Crippen LogP contribution in [0.1, 0.15) is 173 Å². The minimum absolute atomic E-state index is 0.0687. The van der Waals surface area contributed by atoms with Gasteiger partial charge in [-0.15, -0.1) is 0 Å². The molecule has 6 rings (SSSR count). The van der Waals surface area contributed by atoms with Crippen LogP contribution in [0.25, 0.3) is 0 Å². The molecule has 0 saturated carbocycles. The molecule has 3 fully saturated rings.